The Balaban J connectivity index is 2.07. The number of aliphatic hydroxyl groups excluding tert-OH is 1. The van der Waals surface area contributed by atoms with E-state index in [2.05, 4.69) is 18.7 Å². The minimum absolute atomic E-state index is 0.0580. The largest absolute Gasteiger partial charge is 0.391 e. The topological polar surface area (TPSA) is 23.5 Å². The number of hydrogen-bond acceptors (Lipinski definition) is 2. The van der Waals surface area contributed by atoms with Crippen molar-refractivity contribution in [3.05, 3.63) is 0 Å². The second-order valence-corrected chi connectivity index (χ2v) is 5.17. The summed E-state index contributed by atoms with van der Waals surface area (Å²) >= 11 is 0. The lowest BCUT2D eigenvalue weighted by atomic mass is 9.99. The molecule has 0 unspecified atom stereocenters. The van der Waals surface area contributed by atoms with Gasteiger partial charge in [-0.05, 0) is 52.5 Å². The minimum atomic E-state index is -0.0580. The molecule has 2 heteroatoms. The van der Waals surface area contributed by atoms with E-state index in [0.717, 1.165) is 6.42 Å². The number of nitrogens with zero attached hydrogens (tertiary/aromatic N) is 1. The van der Waals surface area contributed by atoms with Gasteiger partial charge in [-0.15, -0.1) is 0 Å². The number of aliphatic hydroxyl groups is 1. The average molecular weight is 183 g/mol. The molecule has 1 aliphatic heterocycles. The van der Waals surface area contributed by atoms with Crippen LogP contribution in [0.25, 0.3) is 0 Å². The number of likely N-dealkylation sites (tertiary alicyclic amines) is 1. The first-order valence-electron chi connectivity index (χ1n) is 5.56. The van der Waals surface area contributed by atoms with Crippen molar-refractivity contribution < 1.29 is 5.11 Å². The maximum absolute atomic E-state index is 9.84. The minimum Gasteiger partial charge on any atom is -0.391 e. The Hall–Kier alpha value is -0.0800. The van der Waals surface area contributed by atoms with Crippen LogP contribution in [-0.4, -0.2) is 34.2 Å². The van der Waals surface area contributed by atoms with E-state index in [0.29, 0.717) is 11.6 Å². The van der Waals surface area contributed by atoms with Gasteiger partial charge in [-0.2, -0.15) is 0 Å². The predicted octanol–water partition coefficient (Wildman–Crippen LogP) is 1.77. The summed E-state index contributed by atoms with van der Waals surface area (Å²) in [5.41, 5.74) is 0.329. The molecule has 2 atom stereocenters. The fraction of sp³-hybridized carbons (Fsp3) is 1.00. The third kappa shape index (κ3) is 1.62. The Bertz CT molecular complexity index is 191. The maximum Gasteiger partial charge on any atom is 0.0695 e. The van der Waals surface area contributed by atoms with E-state index in [-0.39, 0.29) is 6.10 Å². The molecular formula is C11H21NO. The van der Waals surface area contributed by atoms with Crippen LogP contribution in [0.2, 0.25) is 0 Å². The van der Waals surface area contributed by atoms with Gasteiger partial charge in [0.1, 0.15) is 0 Å². The SMILES string of the molecule is CC1(C)CCCN1[C@H]1CCC[C@@H]1O. The van der Waals surface area contributed by atoms with Crippen molar-refractivity contribution in [2.24, 2.45) is 0 Å². The number of rotatable bonds is 1. The van der Waals surface area contributed by atoms with E-state index in [1.165, 1.54) is 32.2 Å². The lowest BCUT2D eigenvalue weighted by Crippen LogP contribution is -2.48. The summed E-state index contributed by atoms with van der Waals surface area (Å²) in [5.74, 6) is 0. The van der Waals surface area contributed by atoms with Gasteiger partial charge < -0.3 is 5.11 Å². The van der Waals surface area contributed by atoms with Gasteiger partial charge in [0.25, 0.3) is 0 Å². The molecular weight excluding hydrogens is 162 g/mol. The first-order valence-corrected chi connectivity index (χ1v) is 5.56. The highest BCUT2D eigenvalue weighted by molar-refractivity contribution is 4.96. The molecule has 0 amide bonds. The molecule has 2 aliphatic rings. The van der Waals surface area contributed by atoms with E-state index in [1.807, 2.05) is 0 Å². The van der Waals surface area contributed by atoms with Gasteiger partial charge in [0.2, 0.25) is 0 Å². The smallest absolute Gasteiger partial charge is 0.0695 e. The Morgan fingerprint density at radius 3 is 2.46 bits per heavy atom. The van der Waals surface area contributed by atoms with Crippen molar-refractivity contribution in [2.45, 2.75) is 63.6 Å². The van der Waals surface area contributed by atoms with Crippen molar-refractivity contribution in [2.75, 3.05) is 6.54 Å². The van der Waals surface area contributed by atoms with E-state index >= 15 is 0 Å². The zero-order chi connectivity index (χ0) is 9.47. The summed E-state index contributed by atoms with van der Waals surface area (Å²) in [6.07, 6.45) is 5.95. The average Bonchev–Trinajstić information content (AvgIpc) is 2.56. The highest BCUT2D eigenvalue weighted by atomic mass is 16.3. The van der Waals surface area contributed by atoms with E-state index < -0.39 is 0 Å². The van der Waals surface area contributed by atoms with Crippen LogP contribution in [-0.2, 0) is 0 Å². The van der Waals surface area contributed by atoms with Crippen molar-refractivity contribution in [1.82, 2.24) is 4.90 Å². The van der Waals surface area contributed by atoms with Gasteiger partial charge >= 0.3 is 0 Å². The van der Waals surface area contributed by atoms with Crippen LogP contribution in [0.15, 0.2) is 0 Å². The normalized spacial score (nSPS) is 39.9. The van der Waals surface area contributed by atoms with Crippen LogP contribution in [0.4, 0.5) is 0 Å². The van der Waals surface area contributed by atoms with Crippen LogP contribution in [0.5, 0.6) is 0 Å². The third-order valence-electron chi connectivity index (χ3n) is 3.81. The summed E-state index contributed by atoms with van der Waals surface area (Å²) in [7, 11) is 0. The van der Waals surface area contributed by atoms with Gasteiger partial charge in [0, 0.05) is 11.6 Å². The van der Waals surface area contributed by atoms with Crippen LogP contribution in [0, 0.1) is 0 Å². The summed E-state index contributed by atoms with van der Waals surface area (Å²) in [4.78, 5) is 2.53. The van der Waals surface area contributed by atoms with E-state index in [9.17, 15) is 5.11 Å². The Morgan fingerprint density at radius 2 is 2.00 bits per heavy atom. The van der Waals surface area contributed by atoms with Crippen molar-refractivity contribution in [3.63, 3.8) is 0 Å². The molecule has 0 aromatic rings. The fourth-order valence-corrected chi connectivity index (χ4v) is 3.03. The predicted molar refractivity (Wildman–Crippen MR) is 53.7 cm³/mol. The molecule has 2 rings (SSSR count). The van der Waals surface area contributed by atoms with Crippen LogP contribution in [0.1, 0.15) is 46.0 Å². The summed E-state index contributed by atoms with van der Waals surface area (Å²) < 4.78 is 0. The van der Waals surface area contributed by atoms with Gasteiger partial charge in [-0.25, -0.2) is 0 Å². The molecule has 0 aromatic heterocycles. The molecule has 76 valence electrons. The fourth-order valence-electron chi connectivity index (χ4n) is 3.03. The quantitative estimate of drug-likeness (QED) is 0.670. The molecule has 13 heavy (non-hydrogen) atoms. The molecule has 2 nitrogen and oxygen atoms in total. The van der Waals surface area contributed by atoms with Crippen molar-refractivity contribution in [3.8, 4) is 0 Å². The summed E-state index contributed by atoms with van der Waals surface area (Å²) in [6, 6.07) is 0.456. The molecule has 1 aliphatic carbocycles. The highest BCUT2D eigenvalue weighted by Crippen LogP contribution is 2.36. The second-order valence-electron chi connectivity index (χ2n) is 5.17. The van der Waals surface area contributed by atoms with Crippen LogP contribution >= 0.6 is 0 Å². The molecule has 0 aromatic carbocycles. The van der Waals surface area contributed by atoms with E-state index in [1.54, 1.807) is 0 Å². The van der Waals surface area contributed by atoms with Gasteiger partial charge in [0.05, 0.1) is 6.10 Å². The first-order chi connectivity index (χ1) is 6.11. The summed E-state index contributed by atoms with van der Waals surface area (Å²) in [6.45, 7) is 5.81. The van der Waals surface area contributed by atoms with Crippen molar-refractivity contribution in [1.29, 1.82) is 0 Å². The molecule has 0 spiro atoms. The molecule has 1 N–H and O–H groups in total. The standard InChI is InChI=1S/C11H21NO/c1-11(2)7-4-8-12(11)9-5-3-6-10(9)13/h9-10,13H,3-8H2,1-2H3/t9-,10-/m0/s1. The molecule has 1 saturated carbocycles. The van der Waals surface area contributed by atoms with E-state index in [4.69, 9.17) is 0 Å². The highest BCUT2D eigenvalue weighted by Gasteiger charge is 2.41. The second kappa shape index (κ2) is 3.25. The van der Waals surface area contributed by atoms with Gasteiger partial charge in [-0.1, -0.05) is 0 Å². The zero-order valence-corrected chi connectivity index (χ0v) is 8.79. The number of hydrogen-bond donors (Lipinski definition) is 1. The van der Waals surface area contributed by atoms with Gasteiger partial charge in [-0.3, -0.25) is 4.90 Å². The van der Waals surface area contributed by atoms with Crippen molar-refractivity contribution >= 4 is 0 Å². The molecule has 0 radical (unpaired) electrons. The molecule has 1 heterocycles. The zero-order valence-electron chi connectivity index (χ0n) is 8.79. The Labute approximate surface area is 80.9 Å². The summed E-state index contributed by atoms with van der Waals surface area (Å²) in [5, 5.41) is 9.84. The monoisotopic (exact) mass is 183 g/mol. The maximum atomic E-state index is 9.84. The van der Waals surface area contributed by atoms with Crippen LogP contribution < -0.4 is 0 Å². The molecule has 1 saturated heterocycles. The lowest BCUT2D eigenvalue weighted by molar-refractivity contribution is 0.0344. The Morgan fingerprint density at radius 1 is 1.23 bits per heavy atom. The third-order valence-corrected chi connectivity index (χ3v) is 3.81. The Kier molecular flexibility index (Phi) is 2.37. The molecule has 0 bridgehead atoms. The van der Waals surface area contributed by atoms with Crippen LogP contribution in [0.3, 0.4) is 0 Å². The van der Waals surface area contributed by atoms with Gasteiger partial charge in [0.15, 0.2) is 0 Å². The molecule has 2 fully saturated rings. The lowest BCUT2D eigenvalue weighted by Gasteiger charge is -2.38. The first kappa shape index (κ1) is 9.47.